The Balaban J connectivity index is 2.77. The molecule has 0 bridgehead atoms. The second-order valence-corrected chi connectivity index (χ2v) is 3.44. The summed E-state index contributed by atoms with van der Waals surface area (Å²) < 4.78 is 5.06. The molecule has 0 amide bonds. The molecule has 0 radical (unpaired) electrons. The van der Waals surface area contributed by atoms with Crippen molar-refractivity contribution < 1.29 is 9.53 Å². The van der Waals surface area contributed by atoms with E-state index in [1.54, 1.807) is 19.2 Å². The van der Waals surface area contributed by atoms with Crippen molar-refractivity contribution in [3.05, 3.63) is 42.0 Å². The summed E-state index contributed by atoms with van der Waals surface area (Å²) in [6, 6.07) is 7.20. The maximum absolute atomic E-state index is 11.8. The molecule has 0 unspecified atom stereocenters. The smallest absolute Gasteiger partial charge is 0.167 e. The normalized spacial score (nSPS) is 9.73. The summed E-state index contributed by atoms with van der Waals surface area (Å²) in [5, 5.41) is 0. The SMILES string of the molecule is C=C(CC)CC(=O)c1cccc(OC)c1. The highest BCUT2D eigenvalue weighted by Gasteiger charge is 2.07. The van der Waals surface area contributed by atoms with E-state index in [0.29, 0.717) is 17.7 Å². The summed E-state index contributed by atoms with van der Waals surface area (Å²) in [5.41, 5.74) is 1.65. The van der Waals surface area contributed by atoms with Gasteiger partial charge in [-0.15, -0.1) is 0 Å². The Bertz CT molecular complexity index is 367. The average Bonchev–Trinajstić information content (AvgIpc) is 2.28. The van der Waals surface area contributed by atoms with Crippen LogP contribution in [0.2, 0.25) is 0 Å². The third-order valence-electron chi connectivity index (χ3n) is 2.30. The number of methoxy groups -OCH3 is 1. The van der Waals surface area contributed by atoms with Crippen molar-refractivity contribution in [2.24, 2.45) is 0 Å². The second kappa shape index (κ2) is 5.35. The molecule has 1 aromatic carbocycles. The van der Waals surface area contributed by atoms with Crippen molar-refractivity contribution in [1.82, 2.24) is 0 Å². The molecule has 0 fully saturated rings. The first-order chi connectivity index (χ1) is 7.17. The Labute approximate surface area is 90.6 Å². The largest absolute Gasteiger partial charge is 0.497 e. The van der Waals surface area contributed by atoms with E-state index < -0.39 is 0 Å². The zero-order valence-electron chi connectivity index (χ0n) is 9.25. The minimum absolute atomic E-state index is 0.0979. The zero-order valence-corrected chi connectivity index (χ0v) is 9.25. The number of Topliss-reactive ketones (excluding diaryl/α,β-unsaturated/α-hetero) is 1. The number of hydrogen-bond acceptors (Lipinski definition) is 2. The molecule has 0 spiro atoms. The summed E-state index contributed by atoms with van der Waals surface area (Å²) in [4.78, 5) is 11.8. The molecule has 0 aromatic heterocycles. The summed E-state index contributed by atoms with van der Waals surface area (Å²) in [7, 11) is 1.59. The van der Waals surface area contributed by atoms with E-state index in [-0.39, 0.29) is 5.78 Å². The number of rotatable bonds is 5. The lowest BCUT2D eigenvalue weighted by Crippen LogP contribution is -2.00. The zero-order chi connectivity index (χ0) is 11.3. The van der Waals surface area contributed by atoms with Gasteiger partial charge in [-0.3, -0.25) is 4.79 Å². The lowest BCUT2D eigenvalue weighted by atomic mass is 10.0. The minimum atomic E-state index is 0.0979. The maximum atomic E-state index is 11.8. The predicted octanol–water partition coefficient (Wildman–Crippen LogP) is 3.23. The van der Waals surface area contributed by atoms with Gasteiger partial charge in [0.15, 0.2) is 5.78 Å². The first-order valence-corrected chi connectivity index (χ1v) is 5.01. The van der Waals surface area contributed by atoms with Crippen molar-refractivity contribution in [2.75, 3.05) is 7.11 Å². The Hall–Kier alpha value is -1.57. The molecular formula is C13H16O2. The van der Waals surface area contributed by atoms with Crippen LogP contribution >= 0.6 is 0 Å². The van der Waals surface area contributed by atoms with Gasteiger partial charge in [0.1, 0.15) is 5.75 Å². The summed E-state index contributed by atoms with van der Waals surface area (Å²) in [6.45, 7) is 5.83. The molecule has 2 nitrogen and oxygen atoms in total. The number of carbonyl (C=O) groups excluding carboxylic acids is 1. The molecule has 1 aromatic rings. The summed E-state index contributed by atoms with van der Waals surface area (Å²) >= 11 is 0. The Morgan fingerprint density at radius 3 is 2.80 bits per heavy atom. The monoisotopic (exact) mass is 204 g/mol. The summed E-state index contributed by atoms with van der Waals surface area (Å²) in [5.74, 6) is 0.809. The molecule has 15 heavy (non-hydrogen) atoms. The van der Waals surface area contributed by atoms with Gasteiger partial charge in [-0.25, -0.2) is 0 Å². The molecule has 0 saturated carbocycles. The van der Waals surface area contributed by atoms with E-state index in [4.69, 9.17) is 4.74 Å². The highest BCUT2D eigenvalue weighted by Crippen LogP contribution is 2.16. The van der Waals surface area contributed by atoms with E-state index in [0.717, 1.165) is 12.0 Å². The van der Waals surface area contributed by atoms with Crippen LogP contribution in [0.15, 0.2) is 36.4 Å². The van der Waals surface area contributed by atoms with Gasteiger partial charge in [0.2, 0.25) is 0 Å². The van der Waals surface area contributed by atoms with Crippen LogP contribution in [0.5, 0.6) is 5.75 Å². The van der Waals surface area contributed by atoms with E-state index >= 15 is 0 Å². The van der Waals surface area contributed by atoms with Crippen LogP contribution in [-0.2, 0) is 0 Å². The van der Waals surface area contributed by atoms with Crippen LogP contribution in [-0.4, -0.2) is 12.9 Å². The molecule has 0 heterocycles. The third-order valence-corrected chi connectivity index (χ3v) is 2.30. The Morgan fingerprint density at radius 1 is 1.47 bits per heavy atom. The lowest BCUT2D eigenvalue weighted by Gasteiger charge is -2.04. The first kappa shape index (κ1) is 11.5. The van der Waals surface area contributed by atoms with Gasteiger partial charge in [-0.1, -0.05) is 31.2 Å². The molecule has 2 heteroatoms. The average molecular weight is 204 g/mol. The van der Waals surface area contributed by atoms with Crippen molar-refractivity contribution in [2.45, 2.75) is 19.8 Å². The molecule has 0 aliphatic heterocycles. The fourth-order valence-electron chi connectivity index (χ4n) is 1.25. The summed E-state index contributed by atoms with van der Waals surface area (Å²) in [6.07, 6.45) is 1.26. The van der Waals surface area contributed by atoms with Gasteiger partial charge in [-0.05, 0) is 18.6 Å². The van der Waals surface area contributed by atoms with Gasteiger partial charge in [-0.2, -0.15) is 0 Å². The highest BCUT2D eigenvalue weighted by atomic mass is 16.5. The van der Waals surface area contributed by atoms with Crippen LogP contribution in [0.3, 0.4) is 0 Å². The standard InChI is InChI=1S/C13H16O2/c1-4-10(2)8-13(14)11-6-5-7-12(9-11)15-3/h5-7,9H,2,4,8H2,1,3H3. The number of ketones is 1. The van der Waals surface area contributed by atoms with Crippen molar-refractivity contribution in [1.29, 1.82) is 0 Å². The van der Waals surface area contributed by atoms with Crippen LogP contribution < -0.4 is 4.74 Å². The molecule has 0 atom stereocenters. The van der Waals surface area contributed by atoms with E-state index in [2.05, 4.69) is 6.58 Å². The topological polar surface area (TPSA) is 26.3 Å². The molecule has 0 aliphatic carbocycles. The van der Waals surface area contributed by atoms with Crippen LogP contribution in [0.1, 0.15) is 30.1 Å². The van der Waals surface area contributed by atoms with Gasteiger partial charge in [0.05, 0.1) is 7.11 Å². The van der Waals surface area contributed by atoms with Crippen LogP contribution in [0.25, 0.3) is 0 Å². The van der Waals surface area contributed by atoms with Crippen molar-refractivity contribution in [3.63, 3.8) is 0 Å². The van der Waals surface area contributed by atoms with Gasteiger partial charge in [0.25, 0.3) is 0 Å². The van der Waals surface area contributed by atoms with E-state index in [1.807, 2.05) is 19.1 Å². The number of ether oxygens (including phenoxy) is 1. The first-order valence-electron chi connectivity index (χ1n) is 5.01. The number of carbonyl (C=O) groups is 1. The number of allylic oxidation sites excluding steroid dienone is 1. The highest BCUT2D eigenvalue weighted by molar-refractivity contribution is 5.97. The molecule has 0 N–H and O–H groups in total. The molecule has 1 rings (SSSR count). The number of benzene rings is 1. The molecule has 0 aliphatic rings. The van der Waals surface area contributed by atoms with E-state index in [9.17, 15) is 4.79 Å². The fourth-order valence-corrected chi connectivity index (χ4v) is 1.25. The Kier molecular flexibility index (Phi) is 4.10. The third kappa shape index (κ3) is 3.24. The van der Waals surface area contributed by atoms with Crippen LogP contribution in [0.4, 0.5) is 0 Å². The second-order valence-electron chi connectivity index (χ2n) is 3.44. The maximum Gasteiger partial charge on any atom is 0.167 e. The van der Waals surface area contributed by atoms with Gasteiger partial charge < -0.3 is 4.74 Å². The predicted molar refractivity (Wildman–Crippen MR) is 61.4 cm³/mol. The Morgan fingerprint density at radius 2 is 2.20 bits per heavy atom. The minimum Gasteiger partial charge on any atom is -0.497 e. The molecule has 0 saturated heterocycles. The molecule has 80 valence electrons. The van der Waals surface area contributed by atoms with Crippen molar-refractivity contribution in [3.8, 4) is 5.75 Å². The van der Waals surface area contributed by atoms with E-state index in [1.165, 1.54) is 0 Å². The van der Waals surface area contributed by atoms with Crippen LogP contribution in [0, 0.1) is 0 Å². The quantitative estimate of drug-likeness (QED) is 0.543. The lowest BCUT2D eigenvalue weighted by molar-refractivity contribution is 0.0992. The fraction of sp³-hybridized carbons (Fsp3) is 0.308. The molecular weight excluding hydrogens is 188 g/mol. The van der Waals surface area contributed by atoms with Crippen molar-refractivity contribution >= 4 is 5.78 Å². The van der Waals surface area contributed by atoms with Gasteiger partial charge in [0, 0.05) is 12.0 Å². The van der Waals surface area contributed by atoms with Gasteiger partial charge >= 0.3 is 0 Å². The number of hydrogen-bond donors (Lipinski definition) is 0.